The SMILES string of the molecule is CC1(c2ccc(Br)cc2)CCNCC1.CCOC=O. The molecule has 1 fully saturated rings. The predicted molar refractivity (Wildman–Crippen MR) is 81.3 cm³/mol. The monoisotopic (exact) mass is 327 g/mol. The van der Waals surface area contributed by atoms with Crippen LogP contribution in [0.1, 0.15) is 32.3 Å². The Labute approximate surface area is 123 Å². The van der Waals surface area contributed by atoms with Crippen LogP contribution >= 0.6 is 15.9 Å². The molecule has 1 heterocycles. The Morgan fingerprint density at radius 3 is 2.32 bits per heavy atom. The van der Waals surface area contributed by atoms with E-state index >= 15 is 0 Å². The fourth-order valence-corrected chi connectivity index (χ4v) is 2.45. The predicted octanol–water partition coefficient (Wildman–Crippen LogP) is 3.27. The number of piperidine rings is 1. The molecule has 106 valence electrons. The van der Waals surface area contributed by atoms with Gasteiger partial charge in [0.1, 0.15) is 0 Å². The highest BCUT2D eigenvalue weighted by Gasteiger charge is 2.28. The average Bonchev–Trinajstić information content (AvgIpc) is 2.42. The molecule has 0 saturated carbocycles. The first-order valence-electron chi connectivity index (χ1n) is 6.64. The molecule has 0 spiro atoms. The van der Waals surface area contributed by atoms with Crippen LogP contribution in [0, 0.1) is 0 Å². The van der Waals surface area contributed by atoms with E-state index in [2.05, 4.69) is 57.2 Å². The molecule has 0 atom stereocenters. The summed E-state index contributed by atoms with van der Waals surface area (Å²) in [6.07, 6.45) is 2.49. The standard InChI is InChI=1S/C12H16BrN.C3H6O2/c1-12(6-8-14-9-7-12)10-2-4-11(13)5-3-10;1-2-5-3-4/h2-5,14H,6-9H2,1H3;3H,2H2,1H3. The van der Waals surface area contributed by atoms with Crippen LogP contribution in [0.25, 0.3) is 0 Å². The summed E-state index contributed by atoms with van der Waals surface area (Å²) < 4.78 is 5.32. The molecular formula is C15H22BrNO2. The summed E-state index contributed by atoms with van der Waals surface area (Å²) in [6, 6.07) is 8.77. The Hall–Kier alpha value is -0.870. The van der Waals surface area contributed by atoms with Crippen LogP contribution in [0.2, 0.25) is 0 Å². The molecule has 2 rings (SSSR count). The van der Waals surface area contributed by atoms with Gasteiger partial charge in [-0.2, -0.15) is 0 Å². The lowest BCUT2D eigenvalue weighted by molar-refractivity contribution is -0.128. The van der Waals surface area contributed by atoms with E-state index in [1.165, 1.54) is 22.9 Å². The Bertz CT molecular complexity index is 372. The fraction of sp³-hybridized carbons (Fsp3) is 0.533. The van der Waals surface area contributed by atoms with Gasteiger partial charge in [0, 0.05) is 4.47 Å². The zero-order valence-electron chi connectivity index (χ0n) is 11.6. The van der Waals surface area contributed by atoms with Crippen LogP contribution in [0.4, 0.5) is 0 Å². The van der Waals surface area contributed by atoms with Gasteiger partial charge in [0.2, 0.25) is 0 Å². The van der Waals surface area contributed by atoms with Gasteiger partial charge in [-0.1, -0.05) is 35.0 Å². The number of benzene rings is 1. The van der Waals surface area contributed by atoms with Crippen molar-refractivity contribution in [2.75, 3.05) is 19.7 Å². The first-order valence-corrected chi connectivity index (χ1v) is 7.43. The van der Waals surface area contributed by atoms with Crippen LogP contribution in [-0.2, 0) is 14.9 Å². The molecular weight excluding hydrogens is 306 g/mol. The second-order valence-corrected chi connectivity index (χ2v) is 5.78. The normalized spacial score (nSPS) is 17.0. The Morgan fingerprint density at radius 2 is 1.89 bits per heavy atom. The highest BCUT2D eigenvalue weighted by molar-refractivity contribution is 9.10. The molecule has 1 aliphatic rings. The zero-order valence-corrected chi connectivity index (χ0v) is 13.2. The fourth-order valence-electron chi connectivity index (χ4n) is 2.19. The molecule has 1 aromatic carbocycles. The number of hydrogen-bond acceptors (Lipinski definition) is 3. The number of carbonyl (C=O) groups is 1. The lowest BCUT2D eigenvalue weighted by Crippen LogP contribution is -2.37. The lowest BCUT2D eigenvalue weighted by Gasteiger charge is -2.34. The zero-order chi connectivity index (χ0) is 14.1. The van der Waals surface area contributed by atoms with E-state index in [1.807, 2.05) is 0 Å². The van der Waals surface area contributed by atoms with Gasteiger partial charge < -0.3 is 10.1 Å². The highest BCUT2D eigenvalue weighted by atomic mass is 79.9. The minimum absolute atomic E-state index is 0.381. The van der Waals surface area contributed by atoms with E-state index < -0.39 is 0 Å². The van der Waals surface area contributed by atoms with Crippen molar-refractivity contribution in [3.8, 4) is 0 Å². The van der Waals surface area contributed by atoms with Gasteiger partial charge >= 0.3 is 0 Å². The molecule has 0 radical (unpaired) electrons. The molecule has 3 nitrogen and oxygen atoms in total. The summed E-state index contributed by atoms with van der Waals surface area (Å²) >= 11 is 3.47. The number of carbonyl (C=O) groups excluding carboxylic acids is 1. The minimum Gasteiger partial charge on any atom is -0.468 e. The van der Waals surface area contributed by atoms with Crippen LogP contribution in [0.5, 0.6) is 0 Å². The van der Waals surface area contributed by atoms with Crippen LogP contribution in [-0.4, -0.2) is 26.2 Å². The second-order valence-electron chi connectivity index (χ2n) is 4.87. The minimum atomic E-state index is 0.381. The molecule has 0 bridgehead atoms. The smallest absolute Gasteiger partial charge is 0.293 e. The van der Waals surface area contributed by atoms with E-state index in [0.29, 0.717) is 18.5 Å². The van der Waals surface area contributed by atoms with Crippen molar-refractivity contribution in [3.63, 3.8) is 0 Å². The summed E-state index contributed by atoms with van der Waals surface area (Å²) in [4.78, 5) is 9.18. The average molecular weight is 328 g/mol. The Morgan fingerprint density at radius 1 is 1.32 bits per heavy atom. The number of rotatable bonds is 3. The van der Waals surface area contributed by atoms with E-state index in [-0.39, 0.29) is 0 Å². The summed E-state index contributed by atoms with van der Waals surface area (Å²) in [5.74, 6) is 0. The molecule has 4 heteroatoms. The Kier molecular flexibility index (Phi) is 7.10. The molecule has 0 unspecified atom stereocenters. The third-order valence-electron chi connectivity index (χ3n) is 3.48. The summed E-state index contributed by atoms with van der Waals surface area (Å²) in [5, 5.41) is 3.41. The van der Waals surface area contributed by atoms with Gasteiger partial charge in [-0.05, 0) is 56.0 Å². The van der Waals surface area contributed by atoms with Crippen molar-refractivity contribution < 1.29 is 9.53 Å². The van der Waals surface area contributed by atoms with Crippen molar-refractivity contribution >= 4 is 22.4 Å². The van der Waals surface area contributed by atoms with Crippen molar-refractivity contribution in [1.29, 1.82) is 0 Å². The van der Waals surface area contributed by atoms with Crippen LogP contribution in [0.3, 0.4) is 0 Å². The molecule has 1 N–H and O–H groups in total. The van der Waals surface area contributed by atoms with Crippen molar-refractivity contribution in [2.45, 2.75) is 32.1 Å². The number of halogens is 1. The quantitative estimate of drug-likeness (QED) is 0.866. The molecule has 1 aromatic rings. The summed E-state index contributed by atoms with van der Waals surface area (Å²) in [5.41, 5.74) is 1.86. The third kappa shape index (κ3) is 5.33. The second kappa shape index (κ2) is 8.33. The van der Waals surface area contributed by atoms with Crippen molar-refractivity contribution in [2.24, 2.45) is 0 Å². The van der Waals surface area contributed by atoms with Gasteiger partial charge in [-0.25, -0.2) is 0 Å². The number of hydrogen-bond donors (Lipinski definition) is 1. The van der Waals surface area contributed by atoms with Gasteiger partial charge in [0.05, 0.1) is 6.61 Å². The topological polar surface area (TPSA) is 38.3 Å². The molecule has 0 aromatic heterocycles. The molecule has 1 saturated heterocycles. The number of nitrogens with one attached hydrogen (secondary N) is 1. The largest absolute Gasteiger partial charge is 0.468 e. The van der Waals surface area contributed by atoms with Crippen molar-refractivity contribution in [1.82, 2.24) is 5.32 Å². The van der Waals surface area contributed by atoms with Gasteiger partial charge in [-0.3, -0.25) is 4.79 Å². The van der Waals surface area contributed by atoms with E-state index in [0.717, 1.165) is 13.1 Å². The number of ether oxygens (including phenoxy) is 1. The van der Waals surface area contributed by atoms with Gasteiger partial charge in [-0.15, -0.1) is 0 Å². The van der Waals surface area contributed by atoms with Gasteiger partial charge in [0.15, 0.2) is 0 Å². The van der Waals surface area contributed by atoms with Gasteiger partial charge in [0.25, 0.3) is 6.47 Å². The van der Waals surface area contributed by atoms with E-state index in [1.54, 1.807) is 6.92 Å². The van der Waals surface area contributed by atoms with Crippen molar-refractivity contribution in [3.05, 3.63) is 34.3 Å². The maximum absolute atomic E-state index is 9.18. The molecule has 0 amide bonds. The highest BCUT2D eigenvalue weighted by Crippen LogP contribution is 2.33. The van der Waals surface area contributed by atoms with Crippen LogP contribution in [0.15, 0.2) is 28.7 Å². The maximum Gasteiger partial charge on any atom is 0.293 e. The maximum atomic E-state index is 9.18. The Balaban J connectivity index is 0.000000312. The molecule has 19 heavy (non-hydrogen) atoms. The van der Waals surface area contributed by atoms with E-state index in [4.69, 9.17) is 0 Å². The van der Waals surface area contributed by atoms with Crippen LogP contribution < -0.4 is 5.32 Å². The first kappa shape index (κ1) is 16.2. The molecule has 0 aliphatic carbocycles. The molecule has 1 aliphatic heterocycles. The summed E-state index contributed by atoms with van der Waals surface area (Å²) in [7, 11) is 0. The third-order valence-corrected chi connectivity index (χ3v) is 4.01. The van der Waals surface area contributed by atoms with E-state index in [9.17, 15) is 4.79 Å². The summed E-state index contributed by atoms with van der Waals surface area (Å²) in [6.45, 7) is 7.33. The lowest BCUT2D eigenvalue weighted by atomic mass is 9.75. The first-order chi connectivity index (χ1) is 9.12.